The van der Waals surface area contributed by atoms with E-state index >= 15 is 0 Å². The lowest BCUT2D eigenvalue weighted by Gasteiger charge is -2.01. The molecule has 0 fully saturated rings. The molecule has 23 heavy (non-hydrogen) atoms. The number of hydrogen-bond donors (Lipinski definition) is 0. The number of carbonyl (C=O) groups excluding carboxylic acids is 1. The van der Waals surface area contributed by atoms with Crippen LogP contribution < -0.4 is 9.47 Å². The summed E-state index contributed by atoms with van der Waals surface area (Å²) in [6, 6.07) is 14.5. The molecule has 2 aromatic carbocycles. The second-order valence-corrected chi connectivity index (χ2v) is 4.84. The maximum atomic E-state index is 12.0. The maximum Gasteiger partial charge on any atom is 0.363 e. The molecule has 0 saturated heterocycles. The Balaban J connectivity index is 1.86. The van der Waals surface area contributed by atoms with Crippen LogP contribution in [0.2, 0.25) is 0 Å². The average Bonchev–Trinajstić information content (AvgIpc) is 2.96. The smallest absolute Gasteiger partial charge is 0.363 e. The lowest BCUT2D eigenvalue weighted by molar-refractivity contribution is -0.129. The molecule has 5 nitrogen and oxygen atoms in total. The van der Waals surface area contributed by atoms with Crippen molar-refractivity contribution in [2.24, 2.45) is 4.99 Å². The van der Waals surface area contributed by atoms with Crippen molar-refractivity contribution in [3.05, 3.63) is 65.4 Å². The monoisotopic (exact) mass is 309 g/mol. The van der Waals surface area contributed by atoms with Gasteiger partial charge in [-0.2, -0.15) is 0 Å². The Morgan fingerprint density at radius 2 is 1.48 bits per heavy atom. The molecule has 2 aromatic rings. The van der Waals surface area contributed by atoms with E-state index in [2.05, 4.69) is 4.99 Å². The molecule has 0 N–H and O–H groups in total. The van der Waals surface area contributed by atoms with Gasteiger partial charge in [0.2, 0.25) is 5.90 Å². The normalized spacial score (nSPS) is 15.3. The van der Waals surface area contributed by atoms with E-state index in [0.717, 1.165) is 22.6 Å². The number of benzene rings is 2. The Kier molecular flexibility index (Phi) is 4.10. The number of methoxy groups -OCH3 is 2. The second-order valence-electron chi connectivity index (χ2n) is 4.84. The molecule has 116 valence electrons. The number of carbonyl (C=O) groups is 1. The van der Waals surface area contributed by atoms with E-state index in [0.29, 0.717) is 0 Å². The van der Waals surface area contributed by atoms with Crippen molar-refractivity contribution in [1.29, 1.82) is 0 Å². The Labute approximate surface area is 133 Å². The van der Waals surface area contributed by atoms with Crippen LogP contribution in [0.15, 0.2) is 59.2 Å². The van der Waals surface area contributed by atoms with E-state index in [9.17, 15) is 4.79 Å². The minimum absolute atomic E-state index is 0.265. The fourth-order valence-electron chi connectivity index (χ4n) is 2.12. The van der Waals surface area contributed by atoms with Crippen LogP contribution in [0.1, 0.15) is 11.1 Å². The van der Waals surface area contributed by atoms with Crippen LogP contribution in [0.5, 0.6) is 11.5 Å². The van der Waals surface area contributed by atoms with Gasteiger partial charge in [0.1, 0.15) is 11.5 Å². The van der Waals surface area contributed by atoms with Crippen molar-refractivity contribution >= 4 is 17.9 Å². The van der Waals surface area contributed by atoms with Crippen molar-refractivity contribution in [3.8, 4) is 11.5 Å². The quantitative estimate of drug-likeness (QED) is 0.643. The maximum absolute atomic E-state index is 12.0. The summed E-state index contributed by atoms with van der Waals surface area (Å²) in [5, 5.41) is 0. The summed E-state index contributed by atoms with van der Waals surface area (Å²) < 4.78 is 15.4. The summed E-state index contributed by atoms with van der Waals surface area (Å²) in [6.45, 7) is 0. The third kappa shape index (κ3) is 3.23. The van der Waals surface area contributed by atoms with Gasteiger partial charge in [-0.05, 0) is 48.0 Å². The van der Waals surface area contributed by atoms with Crippen molar-refractivity contribution in [3.63, 3.8) is 0 Å². The molecule has 1 aliphatic heterocycles. The van der Waals surface area contributed by atoms with Gasteiger partial charge in [0.15, 0.2) is 5.70 Å². The molecule has 0 aliphatic carbocycles. The highest BCUT2D eigenvalue weighted by molar-refractivity contribution is 6.12. The highest BCUT2D eigenvalue weighted by Gasteiger charge is 2.24. The molecule has 0 unspecified atom stereocenters. The minimum Gasteiger partial charge on any atom is -0.497 e. The molecule has 0 atom stereocenters. The van der Waals surface area contributed by atoms with E-state index in [1.165, 1.54) is 0 Å². The SMILES string of the molecule is COc1ccc(/C=C2\N=C(c3ccc(OC)cc3)OC2=O)cc1. The van der Waals surface area contributed by atoms with E-state index in [-0.39, 0.29) is 11.6 Å². The Bertz CT molecular complexity index is 774. The molecule has 0 spiro atoms. The van der Waals surface area contributed by atoms with Crippen LogP contribution in [0.4, 0.5) is 0 Å². The molecule has 0 amide bonds. The first-order chi connectivity index (χ1) is 11.2. The van der Waals surface area contributed by atoms with Gasteiger partial charge < -0.3 is 14.2 Å². The molecule has 0 radical (unpaired) electrons. The molecule has 1 aliphatic rings. The Morgan fingerprint density at radius 3 is 2.04 bits per heavy atom. The third-order valence-corrected chi connectivity index (χ3v) is 3.38. The molecule has 5 heteroatoms. The lowest BCUT2D eigenvalue weighted by atomic mass is 10.2. The molecule has 0 aromatic heterocycles. The van der Waals surface area contributed by atoms with Gasteiger partial charge in [-0.15, -0.1) is 0 Å². The van der Waals surface area contributed by atoms with Gasteiger partial charge in [-0.25, -0.2) is 9.79 Å². The van der Waals surface area contributed by atoms with Crippen molar-refractivity contribution in [2.75, 3.05) is 14.2 Å². The van der Waals surface area contributed by atoms with Crippen LogP contribution in [0.25, 0.3) is 6.08 Å². The number of esters is 1. The second kappa shape index (κ2) is 6.36. The van der Waals surface area contributed by atoms with Crippen molar-refractivity contribution in [2.45, 2.75) is 0 Å². The zero-order valence-corrected chi connectivity index (χ0v) is 12.8. The molecule has 1 heterocycles. The first-order valence-corrected chi connectivity index (χ1v) is 7.00. The first-order valence-electron chi connectivity index (χ1n) is 7.00. The molecular weight excluding hydrogens is 294 g/mol. The van der Waals surface area contributed by atoms with Gasteiger partial charge >= 0.3 is 5.97 Å². The summed E-state index contributed by atoms with van der Waals surface area (Å²) in [5.41, 5.74) is 1.83. The Morgan fingerprint density at radius 1 is 0.913 bits per heavy atom. The predicted molar refractivity (Wildman–Crippen MR) is 86.6 cm³/mol. The van der Waals surface area contributed by atoms with Gasteiger partial charge in [-0.1, -0.05) is 12.1 Å². The van der Waals surface area contributed by atoms with Gasteiger partial charge in [0, 0.05) is 5.56 Å². The number of aliphatic imine (C=N–C) groups is 1. The summed E-state index contributed by atoms with van der Waals surface area (Å²) in [6.07, 6.45) is 1.68. The third-order valence-electron chi connectivity index (χ3n) is 3.38. The summed E-state index contributed by atoms with van der Waals surface area (Å²) in [7, 11) is 3.20. The van der Waals surface area contributed by atoms with Gasteiger partial charge in [-0.3, -0.25) is 0 Å². The zero-order valence-electron chi connectivity index (χ0n) is 12.8. The first kappa shape index (κ1) is 14.8. The van der Waals surface area contributed by atoms with Crippen LogP contribution in [-0.4, -0.2) is 26.1 Å². The highest BCUT2D eigenvalue weighted by atomic mass is 16.6. The largest absolute Gasteiger partial charge is 0.497 e. The fraction of sp³-hybridized carbons (Fsp3) is 0.111. The molecule has 0 bridgehead atoms. The standard InChI is InChI=1S/C18H15NO4/c1-21-14-7-3-12(4-8-14)11-16-18(20)23-17(19-16)13-5-9-15(22-2)10-6-13/h3-11H,1-2H3/b16-11-. The summed E-state index contributed by atoms with van der Waals surface area (Å²) in [4.78, 5) is 16.2. The number of nitrogens with zero attached hydrogens (tertiary/aromatic N) is 1. The van der Waals surface area contributed by atoms with E-state index in [1.54, 1.807) is 44.6 Å². The van der Waals surface area contributed by atoms with Crippen molar-refractivity contribution < 1.29 is 19.0 Å². The van der Waals surface area contributed by atoms with E-state index in [4.69, 9.17) is 14.2 Å². The topological polar surface area (TPSA) is 57.1 Å². The van der Waals surface area contributed by atoms with Crippen LogP contribution >= 0.6 is 0 Å². The van der Waals surface area contributed by atoms with Crippen LogP contribution in [-0.2, 0) is 9.53 Å². The van der Waals surface area contributed by atoms with E-state index < -0.39 is 5.97 Å². The highest BCUT2D eigenvalue weighted by Crippen LogP contribution is 2.21. The van der Waals surface area contributed by atoms with Crippen LogP contribution in [0.3, 0.4) is 0 Å². The molecule has 3 rings (SSSR count). The summed E-state index contributed by atoms with van der Waals surface area (Å²) in [5.74, 6) is 1.31. The fourth-order valence-corrected chi connectivity index (χ4v) is 2.12. The zero-order chi connectivity index (χ0) is 16.2. The number of cyclic esters (lactones) is 1. The predicted octanol–water partition coefficient (Wildman–Crippen LogP) is 3.05. The Hall–Kier alpha value is -3.08. The van der Waals surface area contributed by atoms with Crippen molar-refractivity contribution in [1.82, 2.24) is 0 Å². The minimum atomic E-state index is -0.466. The average molecular weight is 309 g/mol. The molecular formula is C18H15NO4. The number of hydrogen-bond acceptors (Lipinski definition) is 5. The van der Waals surface area contributed by atoms with Crippen LogP contribution in [0, 0.1) is 0 Å². The van der Waals surface area contributed by atoms with Gasteiger partial charge in [0.05, 0.1) is 14.2 Å². The number of rotatable bonds is 4. The summed E-state index contributed by atoms with van der Waals surface area (Å²) >= 11 is 0. The van der Waals surface area contributed by atoms with E-state index in [1.807, 2.05) is 24.3 Å². The lowest BCUT2D eigenvalue weighted by Crippen LogP contribution is -2.05. The van der Waals surface area contributed by atoms with Gasteiger partial charge in [0.25, 0.3) is 0 Å². The molecule has 0 saturated carbocycles. The number of ether oxygens (including phenoxy) is 3.